The second-order valence-corrected chi connectivity index (χ2v) is 6.41. The van der Waals surface area contributed by atoms with E-state index in [2.05, 4.69) is 57.6 Å². The molecule has 0 heterocycles. The molecule has 2 aromatic rings. The van der Waals surface area contributed by atoms with Crippen molar-refractivity contribution >= 4 is 38.5 Å². The first-order valence-corrected chi connectivity index (χ1v) is 7.62. The molecule has 1 N–H and O–H groups in total. The molecule has 3 heteroatoms. The molecule has 0 aromatic heterocycles. The molecule has 0 saturated carbocycles. The van der Waals surface area contributed by atoms with Crippen molar-refractivity contribution in [2.45, 2.75) is 19.4 Å². The minimum Gasteiger partial charge on any atom is -0.388 e. The molecule has 0 amide bonds. The summed E-state index contributed by atoms with van der Waals surface area (Å²) in [5.74, 6) is 0. The van der Waals surface area contributed by atoms with Crippen LogP contribution in [-0.4, -0.2) is 5.11 Å². The fourth-order valence-corrected chi connectivity index (χ4v) is 2.95. The van der Waals surface area contributed by atoms with Gasteiger partial charge in [0.1, 0.15) is 0 Å². The highest BCUT2D eigenvalue weighted by atomic mass is 127. The van der Waals surface area contributed by atoms with E-state index in [0.717, 1.165) is 13.6 Å². The lowest BCUT2D eigenvalue weighted by Gasteiger charge is -2.15. The largest absolute Gasteiger partial charge is 0.388 e. The lowest BCUT2D eigenvalue weighted by Crippen LogP contribution is -2.04. The monoisotopic (exact) mass is 416 g/mol. The fourth-order valence-electron chi connectivity index (χ4n) is 1.93. The maximum atomic E-state index is 10.4. The molecule has 0 fully saturated rings. The Labute approximate surface area is 130 Å². The zero-order valence-corrected chi connectivity index (χ0v) is 13.8. The Bertz CT molecular complexity index is 554. The molecule has 0 aliphatic carbocycles. The third kappa shape index (κ3) is 3.33. The van der Waals surface area contributed by atoms with Crippen LogP contribution < -0.4 is 0 Å². The van der Waals surface area contributed by atoms with Crippen molar-refractivity contribution in [3.63, 3.8) is 0 Å². The highest BCUT2D eigenvalue weighted by Gasteiger charge is 2.13. The van der Waals surface area contributed by atoms with Crippen molar-refractivity contribution in [3.8, 4) is 0 Å². The van der Waals surface area contributed by atoms with Crippen LogP contribution in [0.2, 0.25) is 0 Å². The van der Waals surface area contributed by atoms with Crippen LogP contribution in [-0.2, 0) is 6.42 Å². The molecule has 0 bridgehead atoms. The minimum atomic E-state index is -0.477. The van der Waals surface area contributed by atoms with Gasteiger partial charge in [0.05, 0.1) is 6.10 Å². The molecule has 0 spiro atoms. The molecule has 0 saturated heterocycles. The lowest BCUT2D eigenvalue weighted by atomic mass is 9.98. The maximum absolute atomic E-state index is 10.4. The summed E-state index contributed by atoms with van der Waals surface area (Å²) in [6.45, 7) is 2.08. The summed E-state index contributed by atoms with van der Waals surface area (Å²) in [6.07, 6.45) is 0.168. The van der Waals surface area contributed by atoms with Gasteiger partial charge >= 0.3 is 0 Å². The standard InChI is InChI=1S/C15H14BrIO/c1-10-4-2-3-5-11(10)8-15(18)13-9-12(17)6-7-14(13)16/h2-7,9,15,18H,8H2,1H3. The van der Waals surface area contributed by atoms with E-state index in [4.69, 9.17) is 0 Å². The van der Waals surface area contributed by atoms with Crippen LogP contribution >= 0.6 is 38.5 Å². The quantitative estimate of drug-likeness (QED) is 0.722. The number of benzene rings is 2. The Morgan fingerprint density at radius 2 is 1.94 bits per heavy atom. The van der Waals surface area contributed by atoms with Crippen LogP contribution in [0.15, 0.2) is 46.9 Å². The SMILES string of the molecule is Cc1ccccc1CC(O)c1cc(I)ccc1Br. The van der Waals surface area contributed by atoms with Crippen LogP contribution in [0.25, 0.3) is 0 Å². The third-order valence-corrected chi connectivity index (χ3v) is 4.38. The van der Waals surface area contributed by atoms with Gasteiger partial charge in [-0.25, -0.2) is 0 Å². The summed E-state index contributed by atoms with van der Waals surface area (Å²) < 4.78 is 2.10. The van der Waals surface area contributed by atoms with Crippen LogP contribution in [0, 0.1) is 10.5 Å². The van der Waals surface area contributed by atoms with Crippen molar-refractivity contribution in [1.29, 1.82) is 0 Å². The highest BCUT2D eigenvalue weighted by molar-refractivity contribution is 14.1. The molecular weight excluding hydrogens is 403 g/mol. The Balaban J connectivity index is 2.25. The van der Waals surface area contributed by atoms with Gasteiger partial charge in [-0.1, -0.05) is 40.2 Å². The predicted molar refractivity (Wildman–Crippen MR) is 86.7 cm³/mol. The Morgan fingerprint density at radius 3 is 2.67 bits per heavy atom. The van der Waals surface area contributed by atoms with Crippen LogP contribution in [0.1, 0.15) is 22.8 Å². The molecule has 1 atom stereocenters. The number of aliphatic hydroxyl groups excluding tert-OH is 1. The number of hydrogen-bond acceptors (Lipinski definition) is 1. The van der Waals surface area contributed by atoms with E-state index in [1.54, 1.807) is 0 Å². The summed E-state index contributed by atoms with van der Waals surface area (Å²) in [5.41, 5.74) is 3.36. The molecule has 2 rings (SSSR count). The van der Waals surface area contributed by atoms with Crippen molar-refractivity contribution < 1.29 is 5.11 Å². The summed E-state index contributed by atoms with van der Waals surface area (Å²) in [5, 5.41) is 10.4. The molecule has 2 aromatic carbocycles. The third-order valence-electron chi connectivity index (χ3n) is 2.99. The zero-order chi connectivity index (χ0) is 13.1. The summed E-state index contributed by atoms with van der Waals surface area (Å²) in [6, 6.07) is 14.2. The topological polar surface area (TPSA) is 20.2 Å². The van der Waals surface area contributed by atoms with Crippen molar-refractivity contribution in [3.05, 3.63) is 67.2 Å². The van der Waals surface area contributed by atoms with E-state index in [1.165, 1.54) is 11.1 Å². The average Bonchev–Trinajstić information content (AvgIpc) is 2.35. The molecule has 0 aliphatic rings. The van der Waals surface area contributed by atoms with E-state index in [-0.39, 0.29) is 0 Å². The second-order valence-electron chi connectivity index (χ2n) is 4.31. The Hall–Kier alpha value is -0.390. The van der Waals surface area contributed by atoms with Gasteiger partial charge in [-0.05, 0) is 64.4 Å². The van der Waals surface area contributed by atoms with E-state index in [0.29, 0.717) is 6.42 Å². The summed E-state index contributed by atoms with van der Waals surface area (Å²) in [4.78, 5) is 0. The summed E-state index contributed by atoms with van der Waals surface area (Å²) in [7, 11) is 0. The molecule has 1 unspecified atom stereocenters. The molecule has 94 valence electrons. The molecule has 1 nitrogen and oxygen atoms in total. The minimum absolute atomic E-state index is 0.477. The second kappa shape index (κ2) is 6.17. The van der Waals surface area contributed by atoms with Gasteiger partial charge in [-0.3, -0.25) is 0 Å². The number of aliphatic hydroxyl groups is 1. The smallest absolute Gasteiger partial charge is 0.0841 e. The molecule has 0 radical (unpaired) electrons. The van der Waals surface area contributed by atoms with Crippen LogP contribution in [0.5, 0.6) is 0 Å². The van der Waals surface area contributed by atoms with Crippen LogP contribution in [0.4, 0.5) is 0 Å². The van der Waals surface area contributed by atoms with Gasteiger partial charge in [0.2, 0.25) is 0 Å². The van der Waals surface area contributed by atoms with Crippen molar-refractivity contribution in [2.24, 2.45) is 0 Å². The predicted octanol–water partition coefficient (Wildman–Crippen LogP) is 4.64. The number of hydrogen-bond donors (Lipinski definition) is 1. The fraction of sp³-hybridized carbons (Fsp3) is 0.200. The van der Waals surface area contributed by atoms with E-state index < -0.39 is 6.10 Å². The number of halogens is 2. The zero-order valence-electron chi connectivity index (χ0n) is 10.0. The first-order chi connectivity index (χ1) is 8.58. The maximum Gasteiger partial charge on any atom is 0.0841 e. The van der Waals surface area contributed by atoms with Gasteiger partial charge in [0.15, 0.2) is 0 Å². The van der Waals surface area contributed by atoms with Gasteiger partial charge < -0.3 is 5.11 Å². The molecular formula is C15H14BrIO. The number of aryl methyl sites for hydroxylation is 1. The first-order valence-electron chi connectivity index (χ1n) is 5.75. The number of rotatable bonds is 3. The van der Waals surface area contributed by atoms with E-state index in [1.807, 2.05) is 30.3 Å². The molecule has 18 heavy (non-hydrogen) atoms. The van der Waals surface area contributed by atoms with Gasteiger partial charge in [0.25, 0.3) is 0 Å². The van der Waals surface area contributed by atoms with Gasteiger partial charge in [0, 0.05) is 14.5 Å². The van der Waals surface area contributed by atoms with Crippen LogP contribution in [0.3, 0.4) is 0 Å². The van der Waals surface area contributed by atoms with Gasteiger partial charge in [-0.15, -0.1) is 0 Å². The normalized spacial score (nSPS) is 12.4. The van der Waals surface area contributed by atoms with Gasteiger partial charge in [-0.2, -0.15) is 0 Å². The summed E-state index contributed by atoms with van der Waals surface area (Å²) >= 11 is 5.76. The Morgan fingerprint density at radius 1 is 1.22 bits per heavy atom. The molecule has 0 aliphatic heterocycles. The Kier molecular flexibility index (Phi) is 4.81. The highest BCUT2D eigenvalue weighted by Crippen LogP contribution is 2.28. The average molecular weight is 417 g/mol. The van der Waals surface area contributed by atoms with Crippen molar-refractivity contribution in [2.75, 3.05) is 0 Å². The van der Waals surface area contributed by atoms with E-state index in [9.17, 15) is 5.11 Å². The first kappa shape index (κ1) is 14.0. The van der Waals surface area contributed by atoms with E-state index >= 15 is 0 Å². The lowest BCUT2D eigenvalue weighted by molar-refractivity contribution is 0.177. The van der Waals surface area contributed by atoms with Crippen molar-refractivity contribution in [1.82, 2.24) is 0 Å².